The van der Waals surface area contributed by atoms with E-state index in [-0.39, 0.29) is 11.9 Å². The smallest absolute Gasteiger partial charge is 0.254 e. The molecule has 1 fully saturated rings. The number of carbonyl (C=O) groups is 1. The number of carbonyl (C=O) groups excluding carboxylic acids is 1. The van der Waals surface area contributed by atoms with E-state index in [9.17, 15) is 4.79 Å². The van der Waals surface area contributed by atoms with Gasteiger partial charge in [0.2, 0.25) is 0 Å². The first-order valence-electron chi connectivity index (χ1n) is 6.41. The summed E-state index contributed by atoms with van der Waals surface area (Å²) in [7, 11) is 1.60. The van der Waals surface area contributed by atoms with Crippen molar-refractivity contribution >= 4 is 5.91 Å². The number of ether oxygens (including phenoxy) is 1. The summed E-state index contributed by atoms with van der Waals surface area (Å²) >= 11 is 0. The van der Waals surface area contributed by atoms with Gasteiger partial charge < -0.3 is 15.4 Å². The number of piperidine rings is 1. The van der Waals surface area contributed by atoms with E-state index in [2.05, 4.69) is 0 Å². The average molecular weight is 248 g/mol. The fourth-order valence-corrected chi connectivity index (χ4v) is 2.43. The van der Waals surface area contributed by atoms with E-state index in [4.69, 9.17) is 10.5 Å². The van der Waals surface area contributed by atoms with Gasteiger partial charge in [-0.3, -0.25) is 4.79 Å². The molecule has 1 amide bonds. The van der Waals surface area contributed by atoms with E-state index < -0.39 is 0 Å². The van der Waals surface area contributed by atoms with Crippen LogP contribution in [0.25, 0.3) is 0 Å². The minimum atomic E-state index is 0.0593. The lowest BCUT2D eigenvalue weighted by molar-refractivity contribution is 0.0623. The molecule has 1 aliphatic rings. The summed E-state index contributed by atoms with van der Waals surface area (Å²) in [5.41, 5.74) is 6.42. The summed E-state index contributed by atoms with van der Waals surface area (Å²) in [6.45, 7) is 1.34. The molecule has 1 heterocycles. The van der Waals surface area contributed by atoms with Crippen molar-refractivity contribution in [1.82, 2.24) is 4.90 Å². The first-order chi connectivity index (χ1) is 8.76. The van der Waals surface area contributed by atoms with Gasteiger partial charge in [-0.25, -0.2) is 0 Å². The van der Waals surface area contributed by atoms with Gasteiger partial charge in [-0.2, -0.15) is 0 Å². The van der Waals surface area contributed by atoms with E-state index in [1.807, 2.05) is 23.1 Å². The summed E-state index contributed by atoms with van der Waals surface area (Å²) in [6, 6.07) is 7.47. The molecule has 1 atom stereocenters. The van der Waals surface area contributed by atoms with Gasteiger partial charge >= 0.3 is 0 Å². The maximum absolute atomic E-state index is 12.5. The van der Waals surface area contributed by atoms with Crippen molar-refractivity contribution in [2.75, 3.05) is 20.2 Å². The number of likely N-dealkylation sites (tertiary alicyclic amines) is 1. The van der Waals surface area contributed by atoms with Gasteiger partial charge in [-0.05, 0) is 37.5 Å². The van der Waals surface area contributed by atoms with Crippen LogP contribution < -0.4 is 10.5 Å². The maximum Gasteiger partial charge on any atom is 0.254 e. The lowest BCUT2D eigenvalue weighted by Crippen LogP contribution is -2.47. The Labute approximate surface area is 108 Å². The maximum atomic E-state index is 12.5. The van der Waals surface area contributed by atoms with E-state index in [0.29, 0.717) is 17.9 Å². The second-order valence-corrected chi connectivity index (χ2v) is 4.62. The normalized spacial score (nSPS) is 19.7. The van der Waals surface area contributed by atoms with E-state index in [0.717, 1.165) is 25.8 Å². The fraction of sp³-hybridized carbons (Fsp3) is 0.500. The molecule has 0 bridgehead atoms. The second kappa shape index (κ2) is 5.87. The first-order valence-corrected chi connectivity index (χ1v) is 6.41. The van der Waals surface area contributed by atoms with Gasteiger partial charge in [0.1, 0.15) is 5.75 Å². The Morgan fingerprint density at radius 1 is 1.50 bits per heavy atom. The molecule has 18 heavy (non-hydrogen) atoms. The molecule has 1 aromatic rings. The first kappa shape index (κ1) is 12.9. The van der Waals surface area contributed by atoms with Crippen molar-refractivity contribution in [2.45, 2.75) is 25.3 Å². The number of methoxy groups -OCH3 is 1. The van der Waals surface area contributed by atoms with E-state index in [1.165, 1.54) is 0 Å². The Kier molecular flexibility index (Phi) is 4.20. The quantitative estimate of drug-likeness (QED) is 0.885. The number of rotatable bonds is 3. The molecule has 0 saturated carbocycles. The molecule has 1 aromatic carbocycles. The molecule has 1 unspecified atom stereocenters. The van der Waals surface area contributed by atoms with Crippen LogP contribution in [0.15, 0.2) is 24.3 Å². The van der Waals surface area contributed by atoms with Crippen LogP contribution in [-0.2, 0) is 0 Å². The molecule has 98 valence electrons. The van der Waals surface area contributed by atoms with Crippen LogP contribution >= 0.6 is 0 Å². The molecule has 2 rings (SSSR count). The van der Waals surface area contributed by atoms with Gasteiger partial charge in [0.15, 0.2) is 0 Å². The molecule has 0 radical (unpaired) electrons. The Morgan fingerprint density at radius 3 is 3.06 bits per heavy atom. The zero-order chi connectivity index (χ0) is 13.0. The van der Waals surface area contributed by atoms with Crippen LogP contribution in [0.1, 0.15) is 29.6 Å². The Hall–Kier alpha value is -1.55. The van der Waals surface area contributed by atoms with Crippen molar-refractivity contribution in [3.63, 3.8) is 0 Å². The highest BCUT2D eigenvalue weighted by Gasteiger charge is 2.26. The second-order valence-electron chi connectivity index (χ2n) is 4.62. The highest BCUT2D eigenvalue weighted by molar-refractivity contribution is 5.94. The average Bonchev–Trinajstić information content (AvgIpc) is 2.46. The van der Waals surface area contributed by atoms with Crippen LogP contribution in [0.3, 0.4) is 0 Å². The summed E-state index contributed by atoms with van der Waals surface area (Å²) in [5, 5.41) is 0. The largest absolute Gasteiger partial charge is 0.497 e. The number of hydrogen-bond donors (Lipinski definition) is 1. The van der Waals surface area contributed by atoms with Gasteiger partial charge in [-0.15, -0.1) is 0 Å². The van der Waals surface area contributed by atoms with Crippen molar-refractivity contribution in [1.29, 1.82) is 0 Å². The van der Waals surface area contributed by atoms with Gasteiger partial charge in [0.25, 0.3) is 5.91 Å². The molecule has 2 N–H and O–H groups in total. The summed E-state index contributed by atoms with van der Waals surface area (Å²) in [6.07, 6.45) is 3.22. The SMILES string of the molecule is COc1cccc(C(=O)N2CCCCC2CN)c1. The molecule has 1 saturated heterocycles. The highest BCUT2D eigenvalue weighted by Crippen LogP contribution is 2.21. The third kappa shape index (κ3) is 2.64. The van der Waals surface area contributed by atoms with Crippen LogP contribution in [-0.4, -0.2) is 37.0 Å². The Balaban J connectivity index is 2.18. The molecule has 0 spiro atoms. The molecular weight excluding hydrogens is 228 g/mol. The topological polar surface area (TPSA) is 55.6 Å². The highest BCUT2D eigenvalue weighted by atomic mass is 16.5. The molecule has 1 aliphatic heterocycles. The van der Waals surface area contributed by atoms with Gasteiger partial charge in [0.05, 0.1) is 7.11 Å². The third-order valence-corrected chi connectivity index (χ3v) is 3.48. The number of nitrogens with zero attached hydrogens (tertiary/aromatic N) is 1. The Bertz CT molecular complexity index is 420. The Morgan fingerprint density at radius 2 is 2.33 bits per heavy atom. The standard InChI is InChI=1S/C14H20N2O2/c1-18-13-7-4-5-11(9-13)14(17)16-8-3-2-6-12(16)10-15/h4-5,7,9,12H,2-3,6,8,10,15H2,1H3. The van der Waals surface area contributed by atoms with Crippen molar-refractivity contribution in [2.24, 2.45) is 5.73 Å². The minimum absolute atomic E-state index is 0.0593. The predicted octanol–water partition coefficient (Wildman–Crippen LogP) is 1.65. The van der Waals surface area contributed by atoms with Crippen LogP contribution in [0.5, 0.6) is 5.75 Å². The predicted molar refractivity (Wildman–Crippen MR) is 70.7 cm³/mol. The van der Waals surface area contributed by atoms with Crippen molar-refractivity contribution in [3.8, 4) is 5.75 Å². The third-order valence-electron chi connectivity index (χ3n) is 3.48. The number of hydrogen-bond acceptors (Lipinski definition) is 3. The lowest BCUT2D eigenvalue weighted by Gasteiger charge is -2.35. The number of benzene rings is 1. The van der Waals surface area contributed by atoms with Crippen molar-refractivity contribution in [3.05, 3.63) is 29.8 Å². The summed E-state index contributed by atoms with van der Waals surface area (Å²) in [4.78, 5) is 14.4. The molecule has 4 nitrogen and oxygen atoms in total. The molecule has 0 aromatic heterocycles. The van der Waals surface area contributed by atoms with Gasteiger partial charge in [0, 0.05) is 24.7 Å². The molecule has 0 aliphatic carbocycles. The fourth-order valence-electron chi connectivity index (χ4n) is 2.43. The van der Waals surface area contributed by atoms with E-state index >= 15 is 0 Å². The zero-order valence-corrected chi connectivity index (χ0v) is 10.8. The monoisotopic (exact) mass is 248 g/mol. The van der Waals surface area contributed by atoms with Crippen LogP contribution in [0.2, 0.25) is 0 Å². The summed E-state index contributed by atoms with van der Waals surface area (Å²) < 4.78 is 5.15. The minimum Gasteiger partial charge on any atom is -0.497 e. The van der Waals surface area contributed by atoms with E-state index in [1.54, 1.807) is 13.2 Å². The zero-order valence-electron chi connectivity index (χ0n) is 10.8. The summed E-state index contributed by atoms with van der Waals surface area (Å²) in [5.74, 6) is 0.770. The van der Waals surface area contributed by atoms with Crippen LogP contribution in [0, 0.1) is 0 Å². The number of nitrogens with two attached hydrogens (primary N) is 1. The van der Waals surface area contributed by atoms with Crippen LogP contribution in [0.4, 0.5) is 0 Å². The van der Waals surface area contributed by atoms with Gasteiger partial charge in [-0.1, -0.05) is 6.07 Å². The molecular formula is C14H20N2O2. The van der Waals surface area contributed by atoms with Crippen molar-refractivity contribution < 1.29 is 9.53 Å². The lowest BCUT2D eigenvalue weighted by atomic mass is 10.0. The molecule has 4 heteroatoms. The number of amides is 1.